The third kappa shape index (κ3) is 3.52. The Hall–Kier alpha value is -0.410. The third-order valence-electron chi connectivity index (χ3n) is 3.00. The number of aryl methyl sites for hydroxylation is 1. The zero-order valence-electron chi connectivity index (χ0n) is 10.3. The van der Waals surface area contributed by atoms with E-state index in [-0.39, 0.29) is 5.25 Å². The van der Waals surface area contributed by atoms with Crippen LogP contribution in [0.2, 0.25) is 0 Å². The number of hydrogen-bond donors (Lipinski definition) is 0. The van der Waals surface area contributed by atoms with Crippen molar-refractivity contribution in [2.75, 3.05) is 11.5 Å². The fourth-order valence-electron chi connectivity index (χ4n) is 1.99. The predicted octanol–water partition coefficient (Wildman–Crippen LogP) is 3.34. The Bertz CT molecular complexity index is 386. The van der Waals surface area contributed by atoms with Gasteiger partial charge in [-0.2, -0.15) is 11.8 Å². The molecular formula is C14H18OS2. The van der Waals surface area contributed by atoms with Crippen LogP contribution in [0.5, 0.6) is 0 Å². The van der Waals surface area contributed by atoms with Crippen LogP contribution in [0, 0.1) is 6.92 Å². The second-order valence-corrected chi connectivity index (χ2v) is 7.23. The highest BCUT2D eigenvalue weighted by atomic mass is 32.2. The van der Waals surface area contributed by atoms with E-state index in [4.69, 9.17) is 0 Å². The lowest BCUT2D eigenvalue weighted by atomic mass is 10.0. The SMILES string of the molecule is Cc1ccc(CC(=O)C2SCCSC2C)cc1. The van der Waals surface area contributed by atoms with E-state index in [2.05, 4.69) is 38.1 Å². The molecule has 3 heteroatoms. The van der Waals surface area contributed by atoms with Crippen molar-refractivity contribution < 1.29 is 4.79 Å². The number of ketones is 1. The first kappa shape index (κ1) is 13.0. The van der Waals surface area contributed by atoms with Crippen molar-refractivity contribution in [3.63, 3.8) is 0 Å². The number of Topliss-reactive ketones (excluding diaryl/α,β-unsaturated/α-hetero) is 1. The molecule has 0 N–H and O–H groups in total. The first-order valence-electron chi connectivity index (χ1n) is 5.98. The second kappa shape index (κ2) is 5.96. The molecule has 1 fully saturated rings. The topological polar surface area (TPSA) is 17.1 Å². The number of hydrogen-bond acceptors (Lipinski definition) is 3. The molecule has 1 aliphatic rings. The van der Waals surface area contributed by atoms with Crippen LogP contribution >= 0.6 is 23.5 Å². The minimum Gasteiger partial charge on any atom is -0.298 e. The van der Waals surface area contributed by atoms with Crippen LogP contribution in [0.3, 0.4) is 0 Å². The highest BCUT2D eigenvalue weighted by Gasteiger charge is 2.28. The molecule has 1 aromatic carbocycles. The summed E-state index contributed by atoms with van der Waals surface area (Å²) < 4.78 is 0. The Morgan fingerprint density at radius 1 is 1.24 bits per heavy atom. The lowest BCUT2D eigenvalue weighted by Gasteiger charge is -2.26. The van der Waals surface area contributed by atoms with Gasteiger partial charge in [-0.05, 0) is 12.5 Å². The zero-order chi connectivity index (χ0) is 12.3. The summed E-state index contributed by atoms with van der Waals surface area (Å²) in [6, 6.07) is 8.29. The van der Waals surface area contributed by atoms with Crippen LogP contribution in [0.25, 0.3) is 0 Å². The quantitative estimate of drug-likeness (QED) is 0.835. The minimum atomic E-state index is 0.190. The normalized spacial score (nSPS) is 24.6. The van der Waals surface area contributed by atoms with Gasteiger partial charge in [0.25, 0.3) is 0 Å². The average Bonchev–Trinajstić information content (AvgIpc) is 2.32. The van der Waals surface area contributed by atoms with Gasteiger partial charge < -0.3 is 0 Å². The first-order chi connectivity index (χ1) is 8.16. The van der Waals surface area contributed by atoms with Gasteiger partial charge in [0.1, 0.15) is 0 Å². The van der Waals surface area contributed by atoms with Crippen molar-refractivity contribution in [1.29, 1.82) is 0 Å². The highest BCUT2D eigenvalue weighted by Crippen LogP contribution is 2.32. The summed E-state index contributed by atoms with van der Waals surface area (Å²) in [6.07, 6.45) is 0.586. The zero-order valence-corrected chi connectivity index (χ0v) is 11.9. The Morgan fingerprint density at radius 3 is 2.53 bits per heavy atom. The van der Waals surface area contributed by atoms with Gasteiger partial charge in [0.2, 0.25) is 0 Å². The molecule has 2 atom stereocenters. The van der Waals surface area contributed by atoms with Crippen LogP contribution < -0.4 is 0 Å². The number of carbonyl (C=O) groups is 1. The molecule has 0 saturated carbocycles. The van der Waals surface area contributed by atoms with Crippen LogP contribution in [-0.2, 0) is 11.2 Å². The minimum absolute atomic E-state index is 0.190. The molecule has 1 aliphatic heterocycles. The summed E-state index contributed by atoms with van der Waals surface area (Å²) in [5, 5.41) is 0.654. The van der Waals surface area contributed by atoms with Crippen molar-refractivity contribution in [1.82, 2.24) is 0 Å². The molecular weight excluding hydrogens is 248 g/mol. The molecule has 1 aromatic rings. The molecule has 0 aliphatic carbocycles. The van der Waals surface area contributed by atoms with Crippen LogP contribution in [0.15, 0.2) is 24.3 Å². The van der Waals surface area contributed by atoms with Crippen LogP contribution in [0.1, 0.15) is 18.1 Å². The molecule has 17 heavy (non-hydrogen) atoms. The second-order valence-electron chi connectivity index (χ2n) is 4.50. The summed E-state index contributed by atoms with van der Waals surface area (Å²) in [7, 11) is 0. The average molecular weight is 266 g/mol. The molecule has 0 amide bonds. The molecule has 1 saturated heterocycles. The van der Waals surface area contributed by atoms with Gasteiger partial charge in [-0.3, -0.25) is 4.79 Å². The lowest BCUT2D eigenvalue weighted by molar-refractivity contribution is -0.117. The number of carbonyl (C=O) groups excluding carboxylic acids is 1. The Labute approximate surface area is 112 Å². The smallest absolute Gasteiger partial charge is 0.151 e. The van der Waals surface area contributed by atoms with Crippen LogP contribution in [0.4, 0.5) is 0 Å². The summed E-state index contributed by atoms with van der Waals surface area (Å²) in [6.45, 7) is 4.25. The van der Waals surface area contributed by atoms with Gasteiger partial charge in [0.05, 0.1) is 5.25 Å². The third-order valence-corrected chi connectivity index (χ3v) is 6.14. The summed E-state index contributed by atoms with van der Waals surface area (Å²) in [5.74, 6) is 2.68. The fraction of sp³-hybridized carbons (Fsp3) is 0.500. The molecule has 1 nitrogen and oxygen atoms in total. The van der Waals surface area contributed by atoms with Crippen molar-refractivity contribution in [3.8, 4) is 0 Å². The van der Waals surface area contributed by atoms with Crippen molar-refractivity contribution in [2.45, 2.75) is 30.8 Å². The molecule has 0 radical (unpaired) electrons. The van der Waals surface area contributed by atoms with E-state index in [1.807, 2.05) is 23.5 Å². The fourth-order valence-corrected chi connectivity index (χ4v) is 4.73. The maximum atomic E-state index is 12.2. The number of thioether (sulfide) groups is 2. The van der Waals surface area contributed by atoms with Crippen LogP contribution in [-0.4, -0.2) is 27.8 Å². The van der Waals surface area contributed by atoms with Crippen molar-refractivity contribution in [2.24, 2.45) is 0 Å². The molecule has 0 bridgehead atoms. The lowest BCUT2D eigenvalue weighted by Crippen LogP contribution is -2.32. The van der Waals surface area contributed by atoms with E-state index in [9.17, 15) is 4.79 Å². The standard InChI is InChI=1S/C14H18OS2/c1-10-3-5-12(6-4-10)9-13(15)14-11(2)16-7-8-17-14/h3-6,11,14H,7-9H2,1-2H3. The Kier molecular flexibility index (Phi) is 4.57. The van der Waals surface area contributed by atoms with Gasteiger partial charge >= 0.3 is 0 Å². The predicted molar refractivity (Wildman–Crippen MR) is 78.1 cm³/mol. The first-order valence-corrected chi connectivity index (χ1v) is 8.08. The molecule has 0 aromatic heterocycles. The van der Waals surface area contributed by atoms with E-state index in [0.717, 1.165) is 11.3 Å². The largest absolute Gasteiger partial charge is 0.298 e. The Balaban J connectivity index is 1.98. The van der Waals surface area contributed by atoms with Crippen molar-refractivity contribution >= 4 is 29.3 Å². The summed E-state index contributed by atoms with van der Waals surface area (Å²) >= 11 is 3.76. The van der Waals surface area contributed by atoms with E-state index >= 15 is 0 Å². The number of benzene rings is 1. The van der Waals surface area contributed by atoms with Gasteiger partial charge in [-0.25, -0.2) is 0 Å². The monoisotopic (exact) mass is 266 g/mol. The van der Waals surface area contributed by atoms with E-state index < -0.39 is 0 Å². The maximum absolute atomic E-state index is 12.2. The van der Waals surface area contributed by atoms with Crippen molar-refractivity contribution in [3.05, 3.63) is 35.4 Å². The molecule has 0 spiro atoms. The van der Waals surface area contributed by atoms with E-state index in [1.165, 1.54) is 11.3 Å². The van der Waals surface area contributed by atoms with Gasteiger partial charge in [0, 0.05) is 23.2 Å². The summed E-state index contributed by atoms with van der Waals surface area (Å²) in [5.41, 5.74) is 2.39. The maximum Gasteiger partial charge on any atom is 0.151 e. The number of rotatable bonds is 3. The molecule has 2 unspecified atom stereocenters. The molecule has 92 valence electrons. The molecule has 2 rings (SSSR count). The van der Waals surface area contributed by atoms with Gasteiger partial charge in [-0.15, -0.1) is 11.8 Å². The van der Waals surface area contributed by atoms with E-state index in [0.29, 0.717) is 17.5 Å². The Morgan fingerprint density at radius 2 is 1.88 bits per heavy atom. The van der Waals surface area contributed by atoms with Gasteiger partial charge in [0.15, 0.2) is 5.78 Å². The van der Waals surface area contributed by atoms with Gasteiger partial charge in [-0.1, -0.05) is 36.8 Å². The highest BCUT2D eigenvalue weighted by molar-refractivity contribution is 8.07. The summed E-state index contributed by atoms with van der Waals surface area (Å²) in [4.78, 5) is 12.2. The molecule has 1 heterocycles. The van der Waals surface area contributed by atoms with E-state index in [1.54, 1.807) is 0 Å².